The van der Waals surface area contributed by atoms with Crippen molar-refractivity contribution < 1.29 is 38.5 Å². The molecule has 0 aliphatic heterocycles. The van der Waals surface area contributed by atoms with Crippen molar-refractivity contribution in [2.75, 3.05) is 6.54 Å². The summed E-state index contributed by atoms with van der Waals surface area (Å²) in [6, 6.07) is 8.39. The smallest absolute Gasteiger partial charge is 0.328 e. The second-order valence-corrected chi connectivity index (χ2v) is 8.84. The molecule has 0 aliphatic rings. The molecule has 196 valence electrons. The maximum absolute atomic E-state index is 14.8. The van der Waals surface area contributed by atoms with Crippen LogP contribution >= 0.6 is 23.2 Å². The van der Waals surface area contributed by atoms with Gasteiger partial charge in [-0.25, -0.2) is 13.6 Å². The Bertz CT molecular complexity index is 1280. The van der Waals surface area contributed by atoms with E-state index >= 15 is 0 Å². The van der Waals surface area contributed by atoms with Crippen LogP contribution in [0.15, 0.2) is 54.7 Å². The molecule has 0 bridgehead atoms. The van der Waals surface area contributed by atoms with E-state index < -0.39 is 48.8 Å². The lowest BCUT2D eigenvalue weighted by Gasteiger charge is -2.23. The molecule has 0 saturated carbocycles. The lowest BCUT2D eigenvalue weighted by molar-refractivity contribution is -0.139. The molecule has 2 amide bonds. The number of aliphatic carboxylic acids is 1. The van der Waals surface area contributed by atoms with Gasteiger partial charge in [-0.15, -0.1) is 0 Å². The fourth-order valence-electron chi connectivity index (χ4n) is 3.44. The van der Waals surface area contributed by atoms with Gasteiger partial charge in [0.05, 0.1) is 15.6 Å². The SMILES string of the molecule is O=C(NCC(NC(=O)c1c(Cl)cc(CC(F)(F)C(O)c2cccc(O)c2)cc1Cl)C(=O)O)c1ccc[nH]1. The molecule has 3 aromatic rings. The van der Waals surface area contributed by atoms with E-state index in [0.717, 1.165) is 18.2 Å². The van der Waals surface area contributed by atoms with E-state index in [-0.39, 0.29) is 38.2 Å². The Kier molecular flexibility index (Phi) is 8.74. The zero-order valence-electron chi connectivity index (χ0n) is 18.8. The van der Waals surface area contributed by atoms with Crippen LogP contribution in [-0.2, 0) is 11.2 Å². The maximum atomic E-state index is 14.8. The summed E-state index contributed by atoms with van der Waals surface area (Å²) in [5.74, 6) is -7.05. The molecule has 2 atom stereocenters. The molecule has 1 aromatic heterocycles. The normalized spacial score (nSPS) is 13.0. The molecule has 3 rings (SSSR count). The van der Waals surface area contributed by atoms with E-state index in [4.69, 9.17) is 23.2 Å². The molecule has 0 saturated heterocycles. The summed E-state index contributed by atoms with van der Waals surface area (Å²) in [6.45, 7) is -0.467. The summed E-state index contributed by atoms with van der Waals surface area (Å²) < 4.78 is 29.5. The zero-order valence-corrected chi connectivity index (χ0v) is 20.4. The van der Waals surface area contributed by atoms with Crippen LogP contribution in [0.5, 0.6) is 5.75 Å². The third-order valence-corrected chi connectivity index (χ3v) is 5.86. The summed E-state index contributed by atoms with van der Waals surface area (Å²) in [5, 5.41) is 32.9. The van der Waals surface area contributed by atoms with Gasteiger partial charge in [0.15, 0.2) is 0 Å². The number of rotatable bonds is 10. The van der Waals surface area contributed by atoms with Gasteiger partial charge in [0.2, 0.25) is 0 Å². The molecule has 9 nitrogen and oxygen atoms in total. The number of halogens is 4. The van der Waals surface area contributed by atoms with Crippen molar-refractivity contribution in [3.8, 4) is 5.75 Å². The number of carboxylic acid groups (broad SMARTS) is 1. The van der Waals surface area contributed by atoms with Crippen molar-refractivity contribution in [3.05, 3.63) is 87.2 Å². The Balaban J connectivity index is 1.72. The highest BCUT2D eigenvalue weighted by atomic mass is 35.5. The summed E-state index contributed by atoms with van der Waals surface area (Å²) in [5.41, 5.74) is -0.487. The Labute approximate surface area is 219 Å². The van der Waals surface area contributed by atoms with Crippen molar-refractivity contribution in [3.63, 3.8) is 0 Å². The van der Waals surface area contributed by atoms with Gasteiger partial charge in [-0.05, 0) is 47.5 Å². The first-order valence-corrected chi connectivity index (χ1v) is 11.4. The first-order chi connectivity index (χ1) is 17.4. The van der Waals surface area contributed by atoms with Crippen LogP contribution in [0, 0.1) is 0 Å². The zero-order chi connectivity index (χ0) is 27.3. The van der Waals surface area contributed by atoms with Crippen LogP contribution in [0.2, 0.25) is 10.0 Å². The monoisotopic (exact) mass is 555 g/mol. The van der Waals surface area contributed by atoms with Crippen molar-refractivity contribution in [1.29, 1.82) is 0 Å². The third-order valence-electron chi connectivity index (χ3n) is 5.27. The second kappa shape index (κ2) is 11.6. The fraction of sp³-hybridized carbons (Fsp3) is 0.208. The summed E-state index contributed by atoms with van der Waals surface area (Å²) in [6.07, 6.45) is -1.76. The highest BCUT2D eigenvalue weighted by molar-refractivity contribution is 6.39. The van der Waals surface area contributed by atoms with Crippen LogP contribution < -0.4 is 10.6 Å². The number of nitrogens with one attached hydrogen (secondary N) is 3. The number of aliphatic hydroxyl groups is 1. The second-order valence-electron chi connectivity index (χ2n) is 8.03. The number of benzene rings is 2. The van der Waals surface area contributed by atoms with E-state index in [9.17, 15) is 38.5 Å². The van der Waals surface area contributed by atoms with Gasteiger partial charge in [-0.1, -0.05) is 35.3 Å². The molecule has 2 aromatic carbocycles. The predicted octanol–water partition coefficient (Wildman–Crippen LogP) is 3.55. The molecule has 6 N–H and O–H groups in total. The van der Waals surface area contributed by atoms with E-state index in [1.54, 1.807) is 6.07 Å². The van der Waals surface area contributed by atoms with E-state index in [0.29, 0.717) is 0 Å². The number of carbonyl (C=O) groups is 3. The minimum absolute atomic E-state index is 0.108. The summed E-state index contributed by atoms with van der Waals surface area (Å²) >= 11 is 12.3. The van der Waals surface area contributed by atoms with Crippen molar-refractivity contribution in [1.82, 2.24) is 15.6 Å². The topological polar surface area (TPSA) is 152 Å². The van der Waals surface area contributed by atoms with E-state index in [1.165, 1.54) is 30.5 Å². The first kappa shape index (κ1) is 27.9. The van der Waals surface area contributed by atoms with Crippen LogP contribution in [0.4, 0.5) is 8.78 Å². The molecule has 0 fully saturated rings. The largest absolute Gasteiger partial charge is 0.508 e. The van der Waals surface area contributed by atoms with Gasteiger partial charge in [0.1, 0.15) is 23.6 Å². The molecular weight excluding hydrogens is 535 g/mol. The number of aliphatic hydroxyl groups excluding tert-OH is 1. The molecular formula is C24H21Cl2F2N3O6. The number of phenols is 1. The Morgan fingerprint density at radius 1 is 1.03 bits per heavy atom. The molecule has 13 heteroatoms. The van der Waals surface area contributed by atoms with Gasteiger partial charge < -0.3 is 30.9 Å². The quantitative estimate of drug-likeness (QED) is 0.225. The minimum Gasteiger partial charge on any atom is -0.508 e. The van der Waals surface area contributed by atoms with Crippen LogP contribution in [0.1, 0.15) is 38.1 Å². The Morgan fingerprint density at radius 2 is 1.70 bits per heavy atom. The van der Waals surface area contributed by atoms with Crippen molar-refractivity contribution >= 4 is 41.0 Å². The standard InChI is InChI=1S/C24H21Cl2F2N3O6/c25-15-7-12(10-24(27,28)20(33)13-3-1-4-14(32)9-13)8-16(26)19(15)22(35)31-18(23(36)37)11-30-21(34)17-5-2-6-29-17/h1-9,18,20,29,32-33H,10-11H2,(H,30,34)(H,31,35)(H,36,37). The van der Waals surface area contributed by atoms with Crippen LogP contribution in [0.3, 0.4) is 0 Å². The lowest BCUT2D eigenvalue weighted by Crippen LogP contribution is -2.48. The average molecular weight is 556 g/mol. The number of amides is 2. The molecule has 0 spiro atoms. The highest BCUT2D eigenvalue weighted by Gasteiger charge is 2.40. The van der Waals surface area contributed by atoms with Crippen LogP contribution in [0.25, 0.3) is 0 Å². The van der Waals surface area contributed by atoms with Gasteiger partial charge in [0.25, 0.3) is 17.7 Å². The number of H-pyrrole nitrogens is 1. The number of hydrogen-bond donors (Lipinski definition) is 6. The number of carbonyl (C=O) groups excluding carboxylic acids is 2. The molecule has 0 aliphatic carbocycles. The number of aromatic hydroxyl groups is 1. The molecule has 37 heavy (non-hydrogen) atoms. The van der Waals surface area contributed by atoms with Gasteiger partial charge >= 0.3 is 5.97 Å². The molecule has 1 heterocycles. The fourth-order valence-corrected chi connectivity index (χ4v) is 4.15. The average Bonchev–Trinajstić information content (AvgIpc) is 3.35. The number of carboxylic acids is 1. The highest BCUT2D eigenvalue weighted by Crippen LogP contribution is 2.37. The first-order valence-electron chi connectivity index (χ1n) is 10.7. The van der Waals surface area contributed by atoms with E-state index in [2.05, 4.69) is 15.6 Å². The summed E-state index contributed by atoms with van der Waals surface area (Å²) in [4.78, 5) is 39.0. The number of hydrogen-bond acceptors (Lipinski definition) is 5. The van der Waals surface area contributed by atoms with Gasteiger partial charge in [-0.2, -0.15) is 0 Å². The predicted molar refractivity (Wildman–Crippen MR) is 130 cm³/mol. The number of aromatic amines is 1. The molecule has 2 unspecified atom stereocenters. The molecule has 0 radical (unpaired) electrons. The minimum atomic E-state index is -3.70. The number of phenolic OH excluding ortho intramolecular Hbond substituents is 1. The summed E-state index contributed by atoms with van der Waals surface area (Å²) in [7, 11) is 0. The maximum Gasteiger partial charge on any atom is 0.328 e. The number of alkyl halides is 2. The third kappa shape index (κ3) is 6.97. The van der Waals surface area contributed by atoms with Gasteiger partial charge in [-0.3, -0.25) is 9.59 Å². The number of aromatic nitrogens is 1. The lowest BCUT2D eigenvalue weighted by atomic mass is 9.96. The Morgan fingerprint density at radius 3 is 2.27 bits per heavy atom. The van der Waals surface area contributed by atoms with Crippen LogP contribution in [-0.4, -0.2) is 56.6 Å². The van der Waals surface area contributed by atoms with Gasteiger partial charge in [0, 0.05) is 19.2 Å². The van der Waals surface area contributed by atoms with Crippen molar-refractivity contribution in [2.45, 2.75) is 24.5 Å². The van der Waals surface area contributed by atoms with E-state index in [1.807, 2.05) is 0 Å². The Hall–Kier alpha value is -3.67. The van der Waals surface area contributed by atoms with Crippen molar-refractivity contribution in [2.24, 2.45) is 0 Å².